The number of nitrogens with zero attached hydrogens (tertiary/aromatic N) is 1. The minimum absolute atomic E-state index is 0.000262. The van der Waals surface area contributed by atoms with E-state index in [4.69, 9.17) is 11.6 Å². The minimum Gasteiger partial charge on any atom is -0.324 e. The number of nitrogens with one attached hydrogen (secondary N) is 1. The molecule has 0 spiro atoms. The summed E-state index contributed by atoms with van der Waals surface area (Å²) in [5, 5.41) is 3.08. The van der Waals surface area contributed by atoms with Gasteiger partial charge in [0.05, 0.1) is 18.0 Å². The van der Waals surface area contributed by atoms with E-state index in [-0.39, 0.29) is 17.9 Å². The van der Waals surface area contributed by atoms with E-state index in [1.54, 1.807) is 12.1 Å². The Hall–Kier alpha value is -2.12. The Morgan fingerprint density at radius 3 is 2.59 bits per heavy atom. The molecular formula is C19H23ClN2O4S. The highest BCUT2D eigenvalue weighted by atomic mass is 35.5. The Morgan fingerprint density at radius 2 is 1.89 bits per heavy atom. The smallest absolute Gasteiger partial charge is 0.250 e. The van der Waals surface area contributed by atoms with Crippen LogP contribution in [0.15, 0.2) is 47.4 Å². The van der Waals surface area contributed by atoms with Crippen LogP contribution in [0, 0.1) is 0 Å². The summed E-state index contributed by atoms with van der Waals surface area (Å²) in [5.74, 6) is -1.19. The molecule has 146 valence electrons. The lowest BCUT2D eigenvalue weighted by molar-refractivity contribution is -0.113. The Balaban J connectivity index is 2.06. The first-order chi connectivity index (χ1) is 12.8. The zero-order valence-corrected chi connectivity index (χ0v) is 16.7. The molecule has 1 N–H and O–H groups in total. The highest BCUT2D eigenvalue weighted by Crippen LogP contribution is 2.16. The van der Waals surface area contributed by atoms with Crippen LogP contribution < -0.4 is 10.9 Å². The quantitative estimate of drug-likeness (QED) is 0.643. The van der Waals surface area contributed by atoms with Gasteiger partial charge in [-0.05, 0) is 24.1 Å². The second-order valence-electron chi connectivity index (χ2n) is 6.32. The van der Waals surface area contributed by atoms with Crippen molar-refractivity contribution in [2.45, 2.75) is 32.7 Å². The van der Waals surface area contributed by atoms with Crippen molar-refractivity contribution in [2.75, 3.05) is 16.8 Å². The Bertz CT molecular complexity index is 954. The van der Waals surface area contributed by atoms with E-state index in [0.29, 0.717) is 17.1 Å². The molecule has 27 heavy (non-hydrogen) atoms. The zero-order valence-electron chi connectivity index (χ0n) is 15.2. The monoisotopic (exact) mass is 410 g/mol. The fourth-order valence-corrected chi connectivity index (χ4v) is 4.04. The summed E-state index contributed by atoms with van der Waals surface area (Å²) in [6.07, 6.45) is 3.75. The van der Waals surface area contributed by atoms with Gasteiger partial charge in [-0.1, -0.05) is 49.6 Å². The number of anilines is 1. The van der Waals surface area contributed by atoms with Crippen molar-refractivity contribution in [2.24, 2.45) is 0 Å². The lowest BCUT2D eigenvalue weighted by Gasteiger charge is -2.11. The Kier molecular flexibility index (Phi) is 7.62. The number of pyridine rings is 1. The maximum atomic E-state index is 12.1. The lowest BCUT2D eigenvalue weighted by Crippen LogP contribution is -2.26. The van der Waals surface area contributed by atoms with Crippen LogP contribution in [-0.4, -0.2) is 30.4 Å². The molecule has 0 unspecified atom stereocenters. The number of unbranched alkanes of at least 4 members (excludes halogenated alkanes) is 2. The van der Waals surface area contributed by atoms with Gasteiger partial charge in [-0.15, -0.1) is 0 Å². The number of hydrogen-bond donors (Lipinski definition) is 1. The van der Waals surface area contributed by atoms with E-state index in [0.717, 1.165) is 18.4 Å². The third kappa shape index (κ3) is 6.84. The number of rotatable bonds is 9. The second kappa shape index (κ2) is 9.71. The molecule has 8 heteroatoms. The molecule has 1 amide bonds. The number of aromatic nitrogens is 1. The first kappa shape index (κ1) is 21.2. The van der Waals surface area contributed by atoms with Gasteiger partial charge in [0.1, 0.15) is 5.75 Å². The number of carbonyl (C=O) groups is 1. The molecule has 1 aromatic carbocycles. The average Bonchev–Trinajstić information content (AvgIpc) is 2.59. The molecule has 0 saturated carbocycles. The number of benzene rings is 1. The van der Waals surface area contributed by atoms with Crippen LogP contribution in [0.2, 0.25) is 5.02 Å². The van der Waals surface area contributed by atoms with Gasteiger partial charge in [-0.3, -0.25) is 9.59 Å². The summed E-state index contributed by atoms with van der Waals surface area (Å²) >= 11 is 6.12. The maximum absolute atomic E-state index is 12.1. The molecule has 0 atom stereocenters. The fraction of sp³-hybridized carbons (Fsp3) is 0.368. The Morgan fingerprint density at radius 1 is 1.15 bits per heavy atom. The zero-order chi connectivity index (χ0) is 19.9. The van der Waals surface area contributed by atoms with Gasteiger partial charge in [-0.25, -0.2) is 8.42 Å². The summed E-state index contributed by atoms with van der Waals surface area (Å²) in [5.41, 5.74) is 0.874. The molecule has 1 heterocycles. The van der Waals surface area contributed by atoms with Crippen molar-refractivity contribution in [3.63, 3.8) is 0 Å². The van der Waals surface area contributed by atoms with E-state index in [1.807, 2.05) is 19.1 Å². The second-order valence-corrected chi connectivity index (χ2v) is 8.91. The van der Waals surface area contributed by atoms with Crippen molar-refractivity contribution in [3.05, 3.63) is 63.5 Å². The van der Waals surface area contributed by atoms with Crippen LogP contribution >= 0.6 is 11.6 Å². The van der Waals surface area contributed by atoms with Crippen LogP contribution in [0.25, 0.3) is 0 Å². The van der Waals surface area contributed by atoms with E-state index in [1.165, 1.54) is 22.9 Å². The molecule has 2 rings (SSSR count). The SMILES string of the molecule is CCCCCS(=O)(=O)CC(=O)Nc1ccc(=O)n(Cc2ccccc2Cl)c1. The van der Waals surface area contributed by atoms with Crippen LogP contribution in [0.5, 0.6) is 0 Å². The number of sulfone groups is 1. The number of carbonyl (C=O) groups excluding carboxylic acids is 1. The fourth-order valence-electron chi connectivity index (χ4n) is 2.58. The highest BCUT2D eigenvalue weighted by molar-refractivity contribution is 7.92. The number of hydrogen-bond acceptors (Lipinski definition) is 4. The summed E-state index contributed by atoms with van der Waals surface area (Å²) in [6, 6.07) is 9.93. The van der Waals surface area contributed by atoms with Crippen molar-refractivity contribution in [1.29, 1.82) is 0 Å². The van der Waals surface area contributed by atoms with Gasteiger partial charge in [0, 0.05) is 17.3 Å². The first-order valence-corrected chi connectivity index (χ1v) is 10.9. The van der Waals surface area contributed by atoms with Crippen molar-refractivity contribution in [1.82, 2.24) is 4.57 Å². The molecule has 0 radical (unpaired) electrons. The van der Waals surface area contributed by atoms with Crippen LogP contribution in [-0.2, 0) is 21.2 Å². The molecular weight excluding hydrogens is 388 g/mol. The van der Waals surface area contributed by atoms with Gasteiger partial charge < -0.3 is 9.88 Å². The van der Waals surface area contributed by atoms with E-state index in [2.05, 4.69) is 5.32 Å². The summed E-state index contributed by atoms with van der Waals surface area (Å²) < 4.78 is 25.4. The molecule has 2 aromatic rings. The largest absolute Gasteiger partial charge is 0.324 e. The summed E-state index contributed by atoms with van der Waals surface area (Å²) in [7, 11) is -3.44. The van der Waals surface area contributed by atoms with Crippen molar-refractivity contribution < 1.29 is 13.2 Å². The minimum atomic E-state index is -3.44. The normalized spacial score (nSPS) is 11.3. The van der Waals surface area contributed by atoms with Gasteiger partial charge in [-0.2, -0.15) is 0 Å². The molecule has 6 nitrogen and oxygen atoms in total. The summed E-state index contributed by atoms with van der Waals surface area (Å²) in [6.45, 7) is 2.23. The van der Waals surface area contributed by atoms with Gasteiger partial charge >= 0.3 is 0 Å². The third-order valence-electron chi connectivity index (χ3n) is 3.98. The first-order valence-electron chi connectivity index (χ1n) is 8.75. The molecule has 0 aliphatic heterocycles. The highest BCUT2D eigenvalue weighted by Gasteiger charge is 2.16. The molecule has 0 saturated heterocycles. The maximum Gasteiger partial charge on any atom is 0.250 e. The Labute approximate surface area is 164 Å². The lowest BCUT2D eigenvalue weighted by atomic mass is 10.2. The summed E-state index contributed by atoms with van der Waals surface area (Å²) in [4.78, 5) is 24.1. The molecule has 1 aromatic heterocycles. The molecule has 0 bridgehead atoms. The van der Waals surface area contributed by atoms with Gasteiger partial charge in [0.25, 0.3) is 5.56 Å². The number of halogens is 1. The van der Waals surface area contributed by atoms with Crippen LogP contribution in [0.3, 0.4) is 0 Å². The van der Waals surface area contributed by atoms with E-state index < -0.39 is 21.5 Å². The van der Waals surface area contributed by atoms with Gasteiger partial charge in [0.2, 0.25) is 5.91 Å². The molecule has 0 aliphatic rings. The van der Waals surface area contributed by atoms with Gasteiger partial charge in [0.15, 0.2) is 9.84 Å². The predicted molar refractivity (Wildman–Crippen MR) is 108 cm³/mol. The van der Waals surface area contributed by atoms with Crippen LogP contribution in [0.4, 0.5) is 5.69 Å². The standard InChI is InChI=1S/C19H23ClN2O4S/c1-2-3-6-11-27(25,26)14-18(23)21-16-9-10-19(24)22(13-16)12-15-7-4-5-8-17(15)20/h4-5,7-10,13H,2-3,6,11-12,14H2,1H3,(H,21,23). The van der Waals surface area contributed by atoms with Crippen molar-refractivity contribution >= 4 is 33.0 Å². The van der Waals surface area contributed by atoms with E-state index >= 15 is 0 Å². The van der Waals surface area contributed by atoms with Crippen LogP contribution in [0.1, 0.15) is 31.7 Å². The topological polar surface area (TPSA) is 85.2 Å². The predicted octanol–water partition coefficient (Wildman–Crippen LogP) is 3.09. The third-order valence-corrected chi connectivity index (χ3v) is 5.96. The average molecular weight is 411 g/mol. The molecule has 0 fully saturated rings. The molecule has 0 aliphatic carbocycles. The number of amides is 1. The van der Waals surface area contributed by atoms with E-state index in [9.17, 15) is 18.0 Å². The van der Waals surface area contributed by atoms with Crippen molar-refractivity contribution in [3.8, 4) is 0 Å².